The molecule has 0 N–H and O–H groups in total. The van der Waals surface area contributed by atoms with E-state index < -0.39 is 0 Å². The monoisotopic (exact) mass is 708 g/mol. The van der Waals surface area contributed by atoms with Crippen LogP contribution in [0.25, 0.3) is 110 Å². The third-order valence-corrected chi connectivity index (χ3v) is 11.3. The second-order valence-electron chi connectivity index (χ2n) is 13.4. The predicted molar refractivity (Wildman–Crippen MR) is 222 cm³/mol. The molecule has 0 fully saturated rings. The van der Waals surface area contributed by atoms with Gasteiger partial charge >= 0.3 is 0 Å². The number of rotatable bonds is 5. The van der Waals surface area contributed by atoms with Crippen LogP contribution in [0.3, 0.4) is 0 Å². The molecule has 0 amide bonds. The fourth-order valence-electron chi connectivity index (χ4n) is 7.56. The van der Waals surface area contributed by atoms with E-state index in [2.05, 4.69) is 109 Å². The molecule has 0 bridgehead atoms. The molecular weight excluding hydrogens is 681 g/mol. The highest BCUT2D eigenvalue weighted by molar-refractivity contribution is 7.25. The maximum Gasteiger partial charge on any atom is 0.167 e. The average molecular weight is 709 g/mol. The van der Waals surface area contributed by atoms with Crippen molar-refractivity contribution in [3.05, 3.63) is 170 Å². The largest absolute Gasteiger partial charge is 0.455 e. The van der Waals surface area contributed by atoms with E-state index in [1.54, 1.807) is 11.3 Å². The van der Waals surface area contributed by atoms with Crippen molar-refractivity contribution >= 4 is 64.4 Å². The summed E-state index contributed by atoms with van der Waals surface area (Å²) in [7, 11) is 0. The van der Waals surface area contributed by atoms with Crippen LogP contribution in [0.5, 0.6) is 0 Å². The first-order valence-corrected chi connectivity index (χ1v) is 18.7. The van der Waals surface area contributed by atoms with Crippen LogP contribution < -0.4 is 0 Å². The Morgan fingerprint density at radius 1 is 0.370 bits per heavy atom. The van der Waals surface area contributed by atoms with E-state index in [4.69, 9.17) is 24.4 Å². The summed E-state index contributed by atoms with van der Waals surface area (Å²) in [5, 5.41) is 7.00. The van der Waals surface area contributed by atoms with Gasteiger partial charge in [0, 0.05) is 48.3 Å². The predicted octanol–water partition coefficient (Wildman–Crippen LogP) is 13.0. The lowest BCUT2D eigenvalue weighted by atomic mass is 9.98. The normalized spacial score (nSPS) is 11.7. The molecule has 0 spiro atoms. The number of pyridine rings is 1. The van der Waals surface area contributed by atoms with Gasteiger partial charge in [-0.25, -0.2) is 19.9 Å². The summed E-state index contributed by atoms with van der Waals surface area (Å²) in [6, 6.07) is 58.6. The zero-order chi connectivity index (χ0) is 35.6. The molecule has 0 saturated carbocycles. The maximum atomic E-state index is 6.38. The van der Waals surface area contributed by atoms with Crippen LogP contribution in [0.4, 0.5) is 0 Å². The fourth-order valence-corrected chi connectivity index (χ4v) is 8.65. The highest BCUT2D eigenvalue weighted by Gasteiger charge is 2.18. The van der Waals surface area contributed by atoms with Gasteiger partial charge < -0.3 is 4.42 Å². The van der Waals surface area contributed by atoms with E-state index in [-0.39, 0.29) is 0 Å². The molecule has 0 radical (unpaired) electrons. The van der Waals surface area contributed by atoms with Crippen molar-refractivity contribution in [2.75, 3.05) is 0 Å². The first kappa shape index (κ1) is 30.6. The molecule has 0 atom stereocenters. The molecule has 0 aliphatic rings. The number of para-hydroxylation sites is 2. The Morgan fingerprint density at radius 3 is 1.69 bits per heavy atom. The van der Waals surface area contributed by atoms with E-state index >= 15 is 0 Å². The van der Waals surface area contributed by atoms with Gasteiger partial charge in [0.1, 0.15) is 16.0 Å². The molecule has 0 saturated heterocycles. The Balaban J connectivity index is 0.968. The summed E-state index contributed by atoms with van der Waals surface area (Å²) in [5.41, 5.74) is 8.58. The minimum absolute atomic E-state index is 0.568. The van der Waals surface area contributed by atoms with Gasteiger partial charge in [0.05, 0.1) is 11.3 Å². The van der Waals surface area contributed by atoms with Crippen LogP contribution in [0.15, 0.2) is 174 Å². The Morgan fingerprint density at radius 2 is 0.926 bits per heavy atom. The Hall–Kier alpha value is -7.02. The number of hydrogen-bond acceptors (Lipinski definition) is 6. The second-order valence-corrected chi connectivity index (χ2v) is 14.4. The van der Waals surface area contributed by atoms with Crippen LogP contribution >= 0.6 is 11.3 Å². The van der Waals surface area contributed by atoms with E-state index in [0.717, 1.165) is 71.2 Å². The van der Waals surface area contributed by atoms with Crippen molar-refractivity contribution in [3.8, 4) is 56.5 Å². The Kier molecular flexibility index (Phi) is 6.97. The molecule has 11 aromatic rings. The van der Waals surface area contributed by atoms with Crippen LogP contribution in [-0.4, -0.2) is 19.9 Å². The SMILES string of the molecule is c1ccc(-c2nc(-c3ccc(-c4ccc(-c5nc6sc7ccccc7c6c6ccccc56)cc4)cc3)nc(-c3cccc4c3oc3ccccc34)n2)cc1. The highest BCUT2D eigenvalue weighted by atomic mass is 32.1. The number of aromatic nitrogens is 4. The minimum Gasteiger partial charge on any atom is -0.455 e. The molecule has 7 aromatic carbocycles. The van der Waals surface area contributed by atoms with Crippen molar-refractivity contribution < 1.29 is 4.42 Å². The number of hydrogen-bond donors (Lipinski definition) is 0. The van der Waals surface area contributed by atoms with Crippen molar-refractivity contribution in [2.45, 2.75) is 0 Å². The summed E-state index contributed by atoms with van der Waals surface area (Å²) in [6.45, 7) is 0. The molecule has 4 aromatic heterocycles. The fraction of sp³-hybridized carbons (Fsp3) is 0. The minimum atomic E-state index is 0.568. The second kappa shape index (κ2) is 12.3. The van der Waals surface area contributed by atoms with Gasteiger partial charge in [-0.15, -0.1) is 11.3 Å². The quantitative estimate of drug-likeness (QED) is 0.178. The van der Waals surface area contributed by atoms with Crippen LogP contribution in [-0.2, 0) is 0 Å². The smallest absolute Gasteiger partial charge is 0.167 e. The number of thiophene rings is 1. The number of fused-ring (bicyclic) bond motifs is 8. The molecule has 4 heterocycles. The highest BCUT2D eigenvalue weighted by Crippen LogP contribution is 2.41. The van der Waals surface area contributed by atoms with Gasteiger partial charge in [-0.2, -0.15) is 0 Å². The molecule has 252 valence electrons. The van der Waals surface area contributed by atoms with Gasteiger partial charge in [-0.1, -0.05) is 152 Å². The Bertz CT molecular complexity index is 3200. The van der Waals surface area contributed by atoms with E-state index in [1.165, 1.54) is 20.9 Å². The summed E-state index contributed by atoms with van der Waals surface area (Å²) in [6.07, 6.45) is 0. The van der Waals surface area contributed by atoms with Crippen molar-refractivity contribution in [2.24, 2.45) is 0 Å². The van der Waals surface area contributed by atoms with Crippen LogP contribution in [0.2, 0.25) is 0 Å². The van der Waals surface area contributed by atoms with E-state index in [0.29, 0.717) is 17.5 Å². The van der Waals surface area contributed by atoms with Crippen molar-refractivity contribution in [1.29, 1.82) is 0 Å². The lowest BCUT2D eigenvalue weighted by molar-refractivity contribution is 0.669. The molecule has 5 nitrogen and oxygen atoms in total. The van der Waals surface area contributed by atoms with Crippen LogP contribution in [0.1, 0.15) is 0 Å². The van der Waals surface area contributed by atoms with Gasteiger partial charge in [0.15, 0.2) is 17.5 Å². The lowest BCUT2D eigenvalue weighted by Gasteiger charge is -2.10. The molecular formula is C48H28N4OS. The average Bonchev–Trinajstić information content (AvgIpc) is 3.82. The van der Waals surface area contributed by atoms with Crippen molar-refractivity contribution in [1.82, 2.24) is 19.9 Å². The summed E-state index contributed by atoms with van der Waals surface area (Å²) >= 11 is 1.75. The molecule has 11 rings (SSSR count). The number of furan rings is 1. The first-order chi connectivity index (χ1) is 26.7. The molecule has 0 unspecified atom stereocenters. The molecule has 54 heavy (non-hydrogen) atoms. The standard InChI is InChI=1S/C48H28N4OS/c1-2-11-32(12-3-1)45-50-46(52-47(51-45)39-18-10-17-37-34-13-6-8-19-40(34)53-44(37)39)33-27-23-30(24-28-33)29-21-25-31(26-22-29)43-36-15-5-4-14-35(36)42-38-16-7-9-20-41(38)54-48(42)49-43/h1-28H. The zero-order valence-electron chi connectivity index (χ0n) is 28.8. The first-order valence-electron chi connectivity index (χ1n) is 17.9. The lowest BCUT2D eigenvalue weighted by Crippen LogP contribution is -2.00. The molecule has 0 aliphatic carbocycles. The van der Waals surface area contributed by atoms with Gasteiger partial charge in [-0.3, -0.25) is 0 Å². The van der Waals surface area contributed by atoms with Gasteiger partial charge in [0.25, 0.3) is 0 Å². The van der Waals surface area contributed by atoms with Crippen LogP contribution in [0, 0.1) is 0 Å². The zero-order valence-corrected chi connectivity index (χ0v) is 29.6. The Labute approximate surface area is 313 Å². The summed E-state index contributed by atoms with van der Waals surface area (Å²) in [4.78, 5) is 21.3. The topological polar surface area (TPSA) is 64.7 Å². The number of nitrogens with zero attached hydrogens (tertiary/aromatic N) is 4. The third-order valence-electron chi connectivity index (χ3n) is 10.2. The van der Waals surface area contributed by atoms with Gasteiger partial charge in [-0.05, 0) is 34.7 Å². The van der Waals surface area contributed by atoms with Crippen molar-refractivity contribution in [3.63, 3.8) is 0 Å². The van der Waals surface area contributed by atoms with E-state index in [1.807, 2.05) is 60.7 Å². The molecule has 0 aliphatic heterocycles. The number of benzene rings is 7. The summed E-state index contributed by atoms with van der Waals surface area (Å²) in [5.74, 6) is 1.78. The third kappa shape index (κ3) is 4.99. The summed E-state index contributed by atoms with van der Waals surface area (Å²) < 4.78 is 7.64. The maximum absolute atomic E-state index is 6.38. The van der Waals surface area contributed by atoms with Gasteiger partial charge in [0.2, 0.25) is 0 Å². The molecule has 6 heteroatoms. The van der Waals surface area contributed by atoms with E-state index in [9.17, 15) is 0 Å².